The van der Waals surface area contributed by atoms with Crippen LogP contribution in [0.3, 0.4) is 0 Å². The van der Waals surface area contributed by atoms with Crippen molar-refractivity contribution >= 4 is 11.9 Å². The highest BCUT2D eigenvalue weighted by Crippen LogP contribution is 2.26. The first-order chi connectivity index (χ1) is 40.2. The van der Waals surface area contributed by atoms with Gasteiger partial charge in [0.15, 0.2) is 12.4 Å². The van der Waals surface area contributed by atoms with Crippen LogP contribution in [0, 0.1) is 0 Å². The predicted molar refractivity (Wildman–Crippen MR) is 343 cm³/mol. The third kappa shape index (κ3) is 45.7. The highest BCUT2D eigenvalue weighted by atomic mass is 16.7. The number of ether oxygens (including phenoxy) is 3. The van der Waals surface area contributed by atoms with Gasteiger partial charge in [-0.3, -0.25) is 9.59 Å². The molecule has 0 aromatic carbocycles. The Morgan fingerprint density at radius 2 is 0.878 bits per heavy atom. The molecule has 0 saturated carbocycles. The SMILES string of the molecule is CC/C=C/C/C=C/CCCCCCCCCC(=O)OC1C(OCC(NC(=O)C(O)CCCCCCCCCCCCCCCCCC/C=C\C/C=C\CCCCC)C(O)/C=C/CCCCCCCCCCCCC)OC(CO)C(O)C1O. The van der Waals surface area contributed by atoms with E-state index >= 15 is 0 Å². The number of esters is 1. The van der Waals surface area contributed by atoms with E-state index in [-0.39, 0.29) is 13.0 Å². The molecule has 1 fully saturated rings. The number of carbonyl (C=O) groups excluding carboxylic acids is 2. The summed E-state index contributed by atoms with van der Waals surface area (Å²) in [6, 6.07) is -1.03. The quantitative estimate of drug-likeness (QED) is 0.0195. The van der Waals surface area contributed by atoms with Crippen molar-refractivity contribution in [2.75, 3.05) is 13.2 Å². The monoisotopic (exact) mass is 1160 g/mol. The van der Waals surface area contributed by atoms with E-state index < -0.39 is 67.4 Å². The van der Waals surface area contributed by atoms with Crippen LogP contribution >= 0.6 is 0 Å². The molecule has 0 spiro atoms. The maximum atomic E-state index is 13.5. The van der Waals surface area contributed by atoms with Crippen molar-refractivity contribution in [2.24, 2.45) is 0 Å². The summed E-state index contributed by atoms with van der Waals surface area (Å²) in [7, 11) is 0. The summed E-state index contributed by atoms with van der Waals surface area (Å²) in [6.07, 6.45) is 64.1. The number of hydrogen-bond acceptors (Lipinski definition) is 10. The molecule has 82 heavy (non-hydrogen) atoms. The zero-order valence-corrected chi connectivity index (χ0v) is 53.1. The van der Waals surface area contributed by atoms with E-state index in [1.54, 1.807) is 6.08 Å². The average molecular weight is 1160 g/mol. The highest BCUT2D eigenvalue weighted by molar-refractivity contribution is 5.80. The van der Waals surface area contributed by atoms with Gasteiger partial charge in [-0.05, 0) is 83.5 Å². The van der Waals surface area contributed by atoms with Crippen molar-refractivity contribution in [2.45, 2.75) is 365 Å². The lowest BCUT2D eigenvalue weighted by atomic mass is 9.99. The molecule has 0 aromatic rings. The van der Waals surface area contributed by atoms with Gasteiger partial charge in [0.2, 0.25) is 5.91 Å². The topological polar surface area (TPSA) is 175 Å². The van der Waals surface area contributed by atoms with Crippen LogP contribution in [-0.2, 0) is 23.8 Å². The third-order valence-corrected chi connectivity index (χ3v) is 16.2. The van der Waals surface area contributed by atoms with E-state index in [2.05, 4.69) is 74.7 Å². The largest absolute Gasteiger partial charge is 0.454 e. The van der Waals surface area contributed by atoms with Crippen molar-refractivity contribution in [1.29, 1.82) is 0 Å². The van der Waals surface area contributed by atoms with Crippen LogP contribution in [0.25, 0.3) is 0 Å². The second-order valence-corrected chi connectivity index (χ2v) is 23.9. The lowest BCUT2D eigenvalue weighted by molar-refractivity contribution is -0.305. The first-order valence-electron chi connectivity index (χ1n) is 34.6. The van der Waals surface area contributed by atoms with Gasteiger partial charge in [0.25, 0.3) is 0 Å². The molecule has 478 valence electrons. The van der Waals surface area contributed by atoms with Gasteiger partial charge in [-0.15, -0.1) is 0 Å². The Labute approximate surface area is 503 Å². The van der Waals surface area contributed by atoms with Crippen LogP contribution in [0.4, 0.5) is 0 Å². The van der Waals surface area contributed by atoms with Gasteiger partial charge in [0.05, 0.1) is 25.4 Å². The molecule has 1 saturated heterocycles. The smallest absolute Gasteiger partial charge is 0.306 e. The van der Waals surface area contributed by atoms with E-state index in [0.717, 1.165) is 89.9 Å². The molecule has 8 unspecified atom stereocenters. The number of allylic oxidation sites excluding steroid dienone is 9. The van der Waals surface area contributed by atoms with Crippen molar-refractivity contribution in [3.05, 3.63) is 60.8 Å². The Hall–Kier alpha value is -2.64. The minimum Gasteiger partial charge on any atom is -0.454 e. The minimum absolute atomic E-state index is 0.115. The molecule has 0 aliphatic carbocycles. The first kappa shape index (κ1) is 77.4. The molecular formula is C71H129NO10. The van der Waals surface area contributed by atoms with E-state index in [9.17, 15) is 35.1 Å². The van der Waals surface area contributed by atoms with Gasteiger partial charge in [-0.2, -0.15) is 0 Å². The third-order valence-electron chi connectivity index (χ3n) is 16.2. The van der Waals surface area contributed by atoms with E-state index in [1.807, 2.05) is 6.08 Å². The maximum absolute atomic E-state index is 13.5. The van der Waals surface area contributed by atoms with Crippen LogP contribution in [-0.4, -0.2) is 99.6 Å². The van der Waals surface area contributed by atoms with Crippen molar-refractivity contribution in [3.8, 4) is 0 Å². The maximum Gasteiger partial charge on any atom is 0.306 e. The summed E-state index contributed by atoms with van der Waals surface area (Å²) < 4.78 is 17.6. The summed E-state index contributed by atoms with van der Waals surface area (Å²) in [5, 5.41) is 57.2. The van der Waals surface area contributed by atoms with Crippen LogP contribution in [0.1, 0.15) is 316 Å². The van der Waals surface area contributed by atoms with E-state index in [1.165, 1.54) is 180 Å². The fourth-order valence-corrected chi connectivity index (χ4v) is 10.7. The zero-order valence-electron chi connectivity index (χ0n) is 53.1. The zero-order chi connectivity index (χ0) is 59.6. The molecule has 1 aliphatic rings. The lowest BCUT2D eigenvalue weighted by Gasteiger charge is -2.41. The molecule has 11 nitrogen and oxygen atoms in total. The fourth-order valence-electron chi connectivity index (χ4n) is 10.7. The average Bonchev–Trinajstić information content (AvgIpc) is 3.45. The summed E-state index contributed by atoms with van der Waals surface area (Å²) in [5.74, 6) is -1.19. The van der Waals surface area contributed by atoms with Crippen molar-refractivity contribution in [1.82, 2.24) is 5.32 Å². The molecule has 0 bridgehead atoms. The fraction of sp³-hybridized carbons (Fsp3) is 0.831. The minimum atomic E-state index is -1.62. The Morgan fingerprint density at radius 1 is 0.488 bits per heavy atom. The number of aliphatic hydroxyl groups is 5. The Kier molecular flexibility index (Phi) is 55.4. The Morgan fingerprint density at radius 3 is 1.33 bits per heavy atom. The number of nitrogens with one attached hydrogen (secondary N) is 1. The molecule has 11 heteroatoms. The summed E-state index contributed by atoms with van der Waals surface area (Å²) >= 11 is 0. The van der Waals surface area contributed by atoms with Gasteiger partial charge < -0.3 is 45.1 Å². The van der Waals surface area contributed by atoms with Gasteiger partial charge in [-0.1, -0.05) is 287 Å². The lowest BCUT2D eigenvalue weighted by Crippen LogP contribution is -2.61. The number of aliphatic hydroxyl groups excluding tert-OH is 5. The van der Waals surface area contributed by atoms with Gasteiger partial charge in [0.1, 0.15) is 24.4 Å². The van der Waals surface area contributed by atoms with Crippen LogP contribution in [0.2, 0.25) is 0 Å². The van der Waals surface area contributed by atoms with Crippen LogP contribution in [0.5, 0.6) is 0 Å². The van der Waals surface area contributed by atoms with Gasteiger partial charge in [-0.25, -0.2) is 0 Å². The number of carbonyl (C=O) groups is 2. The molecule has 0 radical (unpaired) electrons. The summed E-state index contributed by atoms with van der Waals surface area (Å²) in [6.45, 7) is 5.69. The Balaban J connectivity index is 2.57. The van der Waals surface area contributed by atoms with Gasteiger partial charge in [0, 0.05) is 6.42 Å². The Bertz CT molecular complexity index is 1560. The second-order valence-electron chi connectivity index (χ2n) is 23.9. The molecule has 1 aliphatic heterocycles. The van der Waals surface area contributed by atoms with E-state index in [0.29, 0.717) is 19.3 Å². The molecule has 1 amide bonds. The molecule has 1 rings (SSSR count). The summed E-state index contributed by atoms with van der Waals surface area (Å²) in [4.78, 5) is 26.6. The van der Waals surface area contributed by atoms with Crippen molar-refractivity contribution in [3.63, 3.8) is 0 Å². The number of hydrogen-bond donors (Lipinski definition) is 6. The van der Waals surface area contributed by atoms with Crippen LogP contribution < -0.4 is 5.32 Å². The van der Waals surface area contributed by atoms with Crippen molar-refractivity contribution < 1.29 is 49.3 Å². The summed E-state index contributed by atoms with van der Waals surface area (Å²) in [5.41, 5.74) is 0. The van der Waals surface area contributed by atoms with Crippen LogP contribution in [0.15, 0.2) is 60.8 Å². The normalized spacial score (nSPS) is 19.0. The molecule has 6 N–H and O–H groups in total. The van der Waals surface area contributed by atoms with Gasteiger partial charge >= 0.3 is 5.97 Å². The molecular weight excluding hydrogens is 1030 g/mol. The van der Waals surface area contributed by atoms with E-state index in [4.69, 9.17) is 14.2 Å². The molecule has 0 aromatic heterocycles. The highest BCUT2D eigenvalue weighted by Gasteiger charge is 2.47. The number of unbranched alkanes of at least 4 members (excludes halogenated alkanes) is 37. The molecule has 1 heterocycles. The predicted octanol–water partition coefficient (Wildman–Crippen LogP) is 17.3. The number of rotatable bonds is 59. The number of amides is 1. The second kappa shape index (κ2) is 58.7. The first-order valence-corrected chi connectivity index (χ1v) is 34.6. The molecule has 8 atom stereocenters. The standard InChI is InChI=1S/C71H129NO10/c1-4-7-10-13-16-19-22-25-27-28-29-30-31-32-33-34-35-36-37-38-40-43-46-49-52-55-58-64(75)70(79)72-62(63(74)57-54-51-48-45-42-39-24-21-18-15-12-9-6-3)61-80-71-69(68(78)67(77)65(60-73)81-71)82-66(76)59-56-53-50-47-44-41-26-23-20-17-14-11-8-5-2/h8,11,16-17,19-20,25,27,54,57,62-65,67-69,71,73-75,77-78H,4-7,9-10,12-15,18,21-24,26,28-53,55-56,58-61H2,1-3H3,(H,72,79)/b11-8+,19-16-,20-17+,27-25-,57-54+.